The van der Waals surface area contributed by atoms with Gasteiger partial charge < -0.3 is 5.32 Å². The van der Waals surface area contributed by atoms with E-state index in [4.69, 9.17) is 0 Å². The van der Waals surface area contributed by atoms with Crippen LogP contribution in [0.15, 0.2) is 22.7 Å². The van der Waals surface area contributed by atoms with Crippen LogP contribution in [0.5, 0.6) is 0 Å². The number of piperidine rings is 1. The molecule has 1 fully saturated rings. The predicted octanol–water partition coefficient (Wildman–Crippen LogP) is 4.43. The summed E-state index contributed by atoms with van der Waals surface area (Å²) in [6.07, 6.45) is 2.52. The maximum atomic E-state index is 3.76. The van der Waals surface area contributed by atoms with Gasteiger partial charge >= 0.3 is 0 Å². The third kappa shape index (κ3) is 5.08. The van der Waals surface area contributed by atoms with Gasteiger partial charge in [0.1, 0.15) is 0 Å². The summed E-state index contributed by atoms with van der Waals surface area (Å²) in [6.45, 7) is 12.6. The van der Waals surface area contributed by atoms with Crippen LogP contribution in [0.3, 0.4) is 0 Å². The van der Waals surface area contributed by atoms with E-state index >= 15 is 0 Å². The highest BCUT2D eigenvalue weighted by Crippen LogP contribution is 2.26. The summed E-state index contributed by atoms with van der Waals surface area (Å²) >= 11 is 3.76. The van der Waals surface area contributed by atoms with Crippen LogP contribution in [0.2, 0.25) is 0 Å². The molecule has 1 aliphatic heterocycles. The number of likely N-dealkylation sites (tertiary alicyclic amines) is 1. The minimum Gasteiger partial charge on any atom is -0.313 e. The molecule has 2 nitrogen and oxygen atoms in total. The molecule has 0 aromatic heterocycles. The molecule has 2 rings (SSSR count). The molecule has 1 heterocycles. The average Bonchev–Trinajstić information content (AvgIpc) is 2.46. The van der Waals surface area contributed by atoms with Crippen molar-refractivity contribution in [1.29, 1.82) is 0 Å². The molecule has 1 aromatic rings. The summed E-state index contributed by atoms with van der Waals surface area (Å²) in [5, 5.41) is 3.46. The Kier molecular flexibility index (Phi) is 6.72. The Balaban J connectivity index is 1.91. The number of hydrogen-bond acceptors (Lipinski definition) is 2. The van der Waals surface area contributed by atoms with Gasteiger partial charge in [-0.25, -0.2) is 0 Å². The maximum Gasteiger partial charge on any atom is 0.0245 e. The molecule has 2 atom stereocenters. The number of rotatable bonds is 6. The van der Waals surface area contributed by atoms with Gasteiger partial charge in [0.2, 0.25) is 0 Å². The fourth-order valence-corrected chi connectivity index (χ4v) is 3.52. The zero-order valence-electron chi connectivity index (χ0n) is 13.7. The average molecular weight is 353 g/mol. The topological polar surface area (TPSA) is 15.3 Å². The number of benzene rings is 1. The van der Waals surface area contributed by atoms with Crippen LogP contribution in [-0.2, 0) is 13.1 Å². The van der Waals surface area contributed by atoms with E-state index in [1.54, 1.807) is 0 Å². The monoisotopic (exact) mass is 352 g/mol. The molecule has 1 aliphatic rings. The Labute approximate surface area is 138 Å². The van der Waals surface area contributed by atoms with E-state index < -0.39 is 0 Å². The van der Waals surface area contributed by atoms with Crippen molar-refractivity contribution >= 4 is 15.9 Å². The molecule has 2 unspecified atom stereocenters. The highest BCUT2D eigenvalue weighted by atomic mass is 79.9. The molecule has 3 heteroatoms. The highest BCUT2D eigenvalue weighted by Gasteiger charge is 2.22. The number of halogens is 1. The van der Waals surface area contributed by atoms with E-state index in [1.165, 1.54) is 41.5 Å². The zero-order valence-corrected chi connectivity index (χ0v) is 15.2. The SMILES string of the molecule is CCCNCc1ccc(CN2CCC(C)C(C)C2)c(Br)c1. The lowest BCUT2D eigenvalue weighted by molar-refractivity contribution is 0.132. The van der Waals surface area contributed by atoms with Gasteiger partial charge in [0, 0.05) is 24.1 Å². The van der Waals surface area contributed by atoms with Gasteiger partial charge in [-0.05, 0) is 55.0 Å². The van der Waals surface area contributed by atoms with Crippen molar-refractivity contribution in [3.8, 4) is 0 Å². The molecule has 1 aromatic carbocycles. The number of nitrogens with one attached hydrogen (secondary N) is 1. The van der Waals surface area contributed by atoms with Gasteiger partial charge in [-0.15, -0.1) is 0 Å². The first-order valence-corrected chi connectivity index (χ1v) is 9.09. The first-order chi connectivity index (χ1) is 10.1. The van der Waals surface area contributed by atoms with Gasteiger partial charge in [-0.3, -0.25) is 4.90 Å². The van der Waals surface area contributed by atoms with Gasteiger partial charge in [0.15, 0.2) is 0 Å². The van der Waals surface area contributed by atoms with Crippen LogP contribution in [0, 0.1) is 11.8 Å². The molecule has 0 aliphatic carbocycles. The Morgan fingerprint density at radius 1 is 1.29 bits per heavy atom. The lowest BCUT2D eigenvalue weighted by atomic mass is 9.88. The van der Waals surface area contributed by atoms with E-state index in [1.807, 2.05) is 0 Å². The van der Waals surface area contributed by atoms with Crippen molar-refractivity contribution in [2.75, 3.05) is 19.6 Å². The van der Waals surface area contributed by atoms with E-state index in [0.717, 1.165) is 31.5 Å². The molecule has 0 radical (unpaired) electrons. The number of nitrogens with zero attached hydrogens (tertiary/aromatic N) is 1. The van der Waals surface area contributed by atoms with Crippen LogP contribution in [0.25, 0.3) is 0 Å². The first-order valence-electron chi connectivity index (χ1n) is 8.30. The summed E-state index contributed by atoms with van der Waals surface area (Å²) in [5.41, 5.74) is 2.77. The Morgan fingerprint density at radius 3 is 2.76 bits per heavy atom. The molecule has 1 saturated heterocycles. The van der Waals surface area contributed by atoms with E-state index in [2.05, 4.69) is 65.1 Å². The van der Waals surface area contributed by atoms with Gasteiger partial charge in [0.05, 0.1) is 0 Å². The van der Waals surface area contributed by atoms with E-state index in [0.29, 0.717) is 0 Å². The minimum atomic E-state index is 0.815. The maximum absolute atomic E-state index is 3.76. The largest absolute Gasteiger partial charge is 0.313 e. The van der Waals surface area contributed by atoms with Crippen LogP contribution >= 0.6 is 15.9 Å². The lowest BCUT2D eigenvalue weighted by Gasteiger charge is -2.35. The molecule has 1 N–H and O–H groups in total. The molecule has 21 heavy (non-hydrogen) atoms. The third-order valence-corrected chi connectivity index (χ3v) is 5.42. The highest BCUT2D eigenvalue weighted by molar-refractivity contribution is 9.10. The van der Waals surface area contributed by atoms with Crippen LogP contribution in [0.4, 0.5) is 0 Å². The van der Waals surface area contributed by atoms with Gasteiger partial charge in [-0.1, -0.05) is 48.8 Å². The smallest absolute Gasteiger partial charge is 0.0245 e. The van der Waals surface area contributed by atoms with Gasteiger partial charge in [0.25, 0.3) is 0 Å². The van der Waals surface area contributed by atoms with Gasteiger partial charge in [-0.2, -0.15) is 0 Å². The second-order valence-corrected chi connectivity index (χ2v) is 7.44. The van der Waals surface area contributed by atoms with Crippen molar-refractivity contribution in [1.82, 2.24) is 10.2 Å². The molecular weight excluding hydrogens is 324 g/mol. The quantitative estimate of drug-likeness (QED) is 0.762. The van der Waals surface area contributed by atoms with Crippen molar-refractivity contribution in [3.05, 3.63) is 33.8 Å². The molecule has 0 spiro atoms. The summed E-state index contributed by atoms with van der Waals surface area (Å²) < 4.78 is 1.25. The molecule has 0 bridgehead atoms. The normalized spacial score (nSPS) is 23.4. The lowest BCUT2D eigenvalue weighted by Crippen LogP contribution is -2.37. The van der Waals surface area contributed by atoms with Crippen molar-refractivity contribution in [3.63, 3.8) is 0 Å². The Morgan fingerprint density at radius 2 is 2.10 bits per heavy atom. The van der Waals surface area contributed by atoms with Crippen LogP contribution in [-0.4, -0.2) is 24.5 Å². The van der Waals surface area contributed by atoms with Crippen LogP contribution in [0.1, 0.15) is 44.7 Å². The van der Waals surface area contributed by atoms with Crippen LogP contribution < -0.4 is 5.32 Å². The summed E-state index contributed by atoms with van der Waals surface area (Å²) in [4.78, 5) is 2.60. The zero-order chi connectivity index (χ0) is 15.2. The Bertz CT molecular complexity index is 447. The van der Waals surface area contributed by atoms with E-state index in [-0.39, 0.29) is 0 Å². The molecule has 0 saturated carbocycles. The second-order valence-electron chi connectivity index (χ2n) is 6.58. The molecular formula is C18H29BrN2. The van der Waals surface area contributed by atoms with Crippen molar-refractivity contribution in [2.45, 2.75) is 46.7 Å². The standard InChI is InChI=1S/C18H29BrN2/c1-4-8-20-11-16-5-6-17(18(19)10-16)13-21-9-7-14(2)15(3)12-21/h5-6,10,14-15,20H,4,7-9,11-13H2,1-3H3. The minimum absolute atomic E-state index is 0.815. The summed E-state index contributed by atoms with van der Waals surface area (Å²) in [5.74, 6) is 1.69. The molecule has 0 amide bonds. The van der Waals surface area contributed by atoms with Crippen molar-refractivity contribution < 1.29 is 0 Å². The van der Waals surface area contributed by atoms with E-state index in [9.17, 15) is 0 Å². The predicted molar refractivity (Wildman–Crippen MR) is 94.4 cm³/mol. The number of hydrogen-bond donors (Lipinski definition) is 1. The summed E-state index contributed by atoms with van der Waals surface area (Å²) in [7, 11) is 0. The Hall–Kier alpha value is -0.380. The van der Waals surface area contributed by atoms with Crippen molar-refractivity contribution in [2.24, 2.45) is 11.8 Å². The fraction of sp³-hybridized carbons (Fsp3) is 0.667. The molecule has 118 valence electrons. The second kappa shape index (κ2) is 8.30. The first kappa shape index (κ1) is 17.0. The third-order valence-electron chi connectivity index (χ3n) is 4.69. The summed E-state index contributed by atoms with van der Waals surface area (Å²) in [6, 6.07) is 6.82. The fourth-order valence-electron chi connectivity index (χ4n) is 2.97.